The van der Waals surface area contributed by atoms with Gasteiger partial charge < -0.3 is 10.5 Å². The quantitative estimate of drug-likeness (QED) is 0.904. The number of benzene rings is 1. The van der Waals surface area contributed by atoms with Gasteiger partial charge >= 0.3 is 0 Å². The van der Waals surface area contributed by atoms with Crippen molar-refractivity contribution < 1.29 is 4.74 Å². The van der Waals surface area contributed by atoms with E-state index in [0.29, 0.717) is 17.7 Å². The van der Waals surface area contributed by atoms with Gasteiger partial charge in [0, 0.05) is 6.54 Å². The Bertz CT molecular complexity index is 338. The SMILES string of the molecule is Cl.NCc1ccc(OC2CCCC2)c(Cl)c1. The van der Waals surface area contributed by atoms with Gasteiger partial charge in [0.25, 0.3) is 0 Å². The molecule has 2 rings (SSSR count). The highest BCUT2D eigenvalue weighted by Gasteiger charge is 2.17. The maximum atomic E-state index is 6.11. The summed E-state index contributed by atoms with van der Waals surface area (Å²) in [5.74, 6) is 0.792. The topological polar surface area (TPSA) is 35.2 Å². The highest BCUT2D eigenvalue weighted by molar-refractivity contribution is 6.32. The molecule has 1 saturated carbocycles. The molecule has 0 unspecified atom stereocenters. The predicted molar refractivity (Wildman–Crippen MR) is 69.5 cm³/mol. The van der Waals surface area contributed by atoms with Gasteiger partial charge in [-0.3, -0.25) is 0 Å². The molecule has 90 valence electrons. The summed E-state index contributed by atoms with van der Waals surface area (Å²) >= 11 is 6.11. The zero-order valence-corrected chi connectivity index (χ0v) is 10.7. The Hall–Kier alpha value is -0.440. The van der Waals surface area contributed by atoms with Gasteiger partial charge in [0.05, 0.1) is 11.1 Å². The number of rotatable bonds is 3. The van der Waals surface area contributed by atoms with E-state index < -0.39 is 0 Å². The molecule has 0 aromatic heterocycles. The summed E-state index contributed by atoms with van der Waals surface area (Å²) in [4.78, 5) is 0. The molecule has 0 spiro atoms. The van der Waals surface area contributed by atoms with Gasteiger partial charge in [0.15, 0.2) is 0 Å². The molecule has 2 nitrogen and oxygen atoms in total. The first-order chi connectivity index (χ1) is 7.29. The van der Waals surface area contributed by atoms with Crippen molar-refractivity contribution in [1.82, 2.24) is 0 Å². The van der Waals surface area contributed by atoms with Crippen molar-refractivity contribution in [3.8, 4) is 5.75 Å². The lowest BCUT2D eigenvalue weighted by atomic mass is 10.2. The smallest absolute Gasteiger partial charge is 0.138 e. The van der Waals surface area contributed by atoms with E-state index in [2.05, 4.69) is 0 Å². The molecular formula is C12H17Cl2NO. The fraction of sp³-hybridized carbons (Fsp3) is 0.500. The van der Waals surface area contributed by atoms with Crippen LogP contribution in [0.2, 0.25) is 5.02 Å². The maximum absolute atomic E-state index is 6.11. The standard InChI is InChI=1S/C12H16ClNO.ClH/c13-11-7-9(8-14)5-6-12(11)15-10-3-1-2-4-10;/h5-7,10H,1-4,8,14H2;1H. The number of hydrogen-bond donors (Lipinski definition) is 1. The predicted octanol–water partition coefficient (Wildman–Crippen LogP) is 3.54. The highest BCUT2D eigenvalue weighted by atomic mass is 35.5. The van der Waals surface area contributed by atoms with Crippen LogP contribution >= 0.6 is 24.0 Å². The van der Waals surface area contributed by atoms with E-state index in [4.69, 9.17) is 22.1 Å². The molecule has 0 bridgehead atoms. The third-order valence-electron chi connectivity index (χ3n) is 2.83. The molecular weight excluding hydrogens is 245 g/mol. The van der Waals surface area contributed by atoms with Crippen LogP contribution in [-0.4, -0.2) is 6.10 Å². The first kappa shape index (κ1) is 13.6. The number of hydrogen-bond acceptors (Lipinski definition) is 2. The van der Waals surface area contributed by atoms with Gasteiger partial charge in [0.1, 0.15) is 5.75 Å². The van der Waals surface area contributed by atoms with Crippen LogP contribution in [0.3, 0.4) is 0 Å². The lowest BCUT2D eigenvalue weighted by Gasteiger charge is -2.14. The second kappa shape index (κ2) is 6.33. The lowest BCUT2D eigenvalue weighted by molar-refractivity contribution is 0.210. The Morgan fingerprint density at radius 3 is 2.56 bits per heavy atom. The molecule has 16 heavy (non-hydrogen) atoms. The second-order valence-electron chi connectivity index (χ2n) is 3.99. The highest BCUT2D eigenvalue weighted by Crippen LogP contribution is 2.30. The van der Waals surface area contributed by atoms with E-state index in [1.165, 1.54) is 12.8 Å². The Morgan fingerprint density at radius 1 is 1.31 bits per heavy atom. The fourth-order valence-electron chi connectivity index (χ4n) is 1.95. The molecule has 4 heteroatoms. The minimum absolute atomic E-state index is 0. The van der Waals surface area contributed by atoms with Gasteiger partial charge in [-0.05, 0) is 43.4 Å². The second-order valence-corrected chi connectivity index (χ2v) is 4.40. The molecule has 0 heterocycles. The first-order valence-corrected chi connectivity index (χ1v) is 5.82. The number of halogens is 2. The summed E-state index contributed by atoms with van der Waals surface area (Å²) in [5, 5.41) is 0.671. The van der Waals surface area contributed by atoms with Gasteiger partial charge in [-0.15, -0.1) is 12.4 Å². The van der Waals surface area contributed by atoms with Gasteiger partial charge in [0.2, 0.25) is 0 Å². The molecule has 2 N–H and O–H groups in total. The minimum atomic E-state index is 0. The van der Waals surface area contributed by atoms with E-state index in [1.54, 1.807) is 0 Å². The maximum Gasteiger partial charge on any atom is 0.138 e. The van der Waals surface area contributed by atoms with Crippen molar-refractivity contribution in [3.05, 3.63) is 28.8 Å². The van der Waals surface area contributed by atoms with Crippen LogP contribution in [0.4, 0.5) is 0 Å². The molecule has 0 radical (unpaired) electrons. The summed E-state index contributed by atoms with van der Waals surface area (Å²) < 4.78 is 5.83. The number of nitrogens with two attached hydrogens (primary N) is 1. The molecule has 0 amide bonds. The zero-order chi connectivity index (χ0) is 10.7. The van der Waals surface area contributed by atoms with Crippen molar-refractivity contribution in [1.29, 1.82) is 0 Å². The van der Waals surface area contributed by atoms with Crippen molar-refractivity contribution in [2.24, 2.45) is 5.73 Å². The van der Waals surface area contributed by atoms with Crippen molar-refractivity contribution >= 4 is 24.0 Å². The van der Waals surface area contributed by atoms with Crippen LogP contribution in [0.25, 0.3) is 0 Å². The molecule has 1 aliphatic carbocycles. The Balaban J connectivity index is 0.00000128. The van der Waals surface area contributed by atoms with E-state index in [9.17, 15) is 0 Å². The van der Waals surface area contributed by atoms with E-state index >= 15 is 0 Å². The average Bonchev–Trinajstić information content (AvgIpc) is 2.74. The lowest BCUT2D eigenvalue weighted by Crippen LogP contribution is -2.11. The van der Waals surface area contributed by atoms with Crippen molar-refractivity contribution in [2.45, 2.75) is 38.3 Å². The Kier molecular flexibility index (Phi) is 5.39. The first-order valence-electron chi connectivity index (χ1n) is 5.45. The molecule has 1 aliphatic rings. The average molecular weight is 262 g/mol. The fourth-order valence-corrected chi connectivity index (χ4v) is 2.20. The van der Waals surface area contributed by atoms with Crippen molar-refractivity contribution in [2.75, 3.05) is 0 Å². The van der Waals surface area contributed by atoms with Crippen LogP contribution in [-0.2, 0) is 6.54 Å². The van der Waals surface area contributed by atoms with Crippen LogP contribution < -0.4 is 10.5 Å². The van der Waals surface area contributed by atoms with Crippen molar-refractivity contribution in [3.63, 3.8) is 0 Å². The van der Waals surface area contributed by atoms with Gasteiger partial charge in [-0.25, -0.2) is 0 Å². The van der Waals surface area contributed by atoms with E-state index in [1.807, 2.05) is 18.2 Å². The summed E-state index contributed by atoms with van der Waals surface area (Å²) in [6.45, 7) is 0.517. The van der Waals surface area contributed by atoms with Crippen LogP contribution in [0.5, 0.6) is 5.75 Å². The normalized spacial score (nSPS) is 15.9. The summed E-state index contributed by atoms with van der Waals surface area (Å²) in [6, 6.07) is 5.77. The molecule has 1 aromatic carbocycles. The number of ether oxygens (including phenoxy) is 1. The van der Waals surface area contributed by atoms with Gasteiger partial charge in [-0.2, -0.15) is 0 Å². The Labute approximate surface area is 108 Å². The minimum Gasteiger partial charge on any atom is -0.489 e. The zero-order valence-electron chi connectivity index (χ0n) is 9.12. The molecule has 0 aliphatic heterocycles. The Morgan fingerprint density at radius 2 is 2.00 bits per heavy atom. The molecule has 0 atom stereocenters. The largest absolute Gasteiger partial charge is 0.489 e. The summed E-state index contributed by atoms with van der Waals surface area (Å²) in [6.07, 6.45) is 5.18. The van der Waals surface area contributed by atoms with E-state index in [-0.39, 0.29) is 12.4 Å². The third-order valence-corrected chi connectivity index (χ3v) is 3.12. The van der Waals surface area contributed by atoms with Crippen LogP contribution in [0.15, 0.2) is 18.2 Å². The van der Waals surface area contributed by atoms with E-state index in [0.717, 1.165) is 24.2 Å². The molecule has 0 saturated heterocycles. The monoisotopic (exact) mass is 261 g/mol. The van der Waals surface area contributed by atoms with Crippen LogP contribution in [0.1, 0.15) is 31.2 Å². The van der Waals surface area contributed by atoms with Crippen LogP contribution in [0, 0.1) is 0 Å². The summed E-state index contributed by atoms with van der Waals surface area (Å²) in [7, 11) is 0. The molecule has 1 aromatic rings. The van der Waals surface area contributed by atoms with Gasteiger partial charge in [-0.1, -0.05) is 17.7 Å². The molecule has 1 fully saturated rings. The summed E-state index contributed by atoms with van der Waals surface area (Å²) in [5.41, 5.74) is 6.57. The third kappa shape index (κ3) is 3.27.